The Labute approximate surface area is 135 Å². The summed E-state index contributed by atoms with van der Waals surface area (Å²) in [6.07, 6.45) is 7.26. The van der Waals surface area contributed by atoms with E-state index in [2.05, 4.69) is 44.7 Å². The SMILES string of the molecule is COCCCSC[C@H]1C[C@@H](N(C)c2ncnc3[nH]ccc23)C1. The molecule has 0 aromatic carbocycles. The Bertz CT molecular complexity index is 597. The average molecular weight is 320 g/mol. The van der Waals surface area contributed by atoms with E-state index in [4.69, 9.17) is 4.74 Å². The van der Waals surface area contributed by atoms with Gasteiger partial charge in [-0.05, 0) is 42.8 Å². The lowest BCUT2D eigenvalue weighted by Gasteiger charge is -2.41. The van der Waals surface area contributed by atoms with Gasteiger partial charge in [0.25, 0.3) is 0 Å². The van der Waals surface area contributed by atoms with Crippen LogP contribution in [0.15, 0.2) is 18.6 Å². The number of hydrogen-bond donors (Lipinski definition) is 1. The van der Waals surface area contributed by atoms with Crippen molar-refractivity contribution in [1.82, 2.24) is 15.0 Å². The molecule has 1 N–H and O–H groups in total. The monoisotopic (exact) mass is 320 g/mol. The van der Waals surface area contributed by atoms with Gasteiger partial charge in [0.05, 0.1) is 5.39 Å². The Morgan fingerprint density at radius 1 is 1.41 bits per heavy atom. The van der Waals surface area contributed by atoms with Crippen LogP contribution >= 0.6 is 11.8 Å². The van der Waals surface area contributed by atoms with Gasteiger partial charge in [-0.2, -0.15) is 11.8 Å². The van der Waals surface area contributed by atoms with Gasteiger partial charge in [0.2, 0.25) is 0 Å². The maximum absolute atomic E-state index is 5.08. The molecule has 2 aromatic rings. The predicted molar refractivity (Wildman–Crippen MR) is 92.6 cm³/mol. The highest BCUT2D eigenvalue weighted by molar-refractivity contribution is 7.99. The largest absolute Gasteiger partial charge is 0.385 e. The second-order valence-electron chi connectivity index (χ2n) is 5.96. The van der Waals surface area contributed by atoms with Crippen LogP contribution in [0, 0.1) is 5.92 Å². The highest BCUT2D eigenvalue weighted by atomic mass is 32.2. The van der Waals surface area contributed by atoms with E-state index in [-0.39, 0.29) is 0 Å². The molecule has 0 radical (unpaired) electrons. The molecule has 0 amide bonds. The third-order valence-electron chi connectivity index (χ3n) is 4.42. The van der Waals surface area contributed by atoms with Crippen LogP contribution in [-0.2, 0) is 4.74 Å². The number of nitrogens with one attached hydrogen (secondary N) is 1. The zero-order valence-electron chi connectivity index (χ0n) is 13.3. The van der Waals surface area contributed by atoms with E-state index in [1.54, 1.807) is 13.4 Å². The summed E-state index contributed by atoms with van der Waals surface area (Å²) in [6, 6.07) is 2.67. The molecule has 2 aromatic heterocycles. The number of anilines is 1. The van der Waals surface area contributed by atoms with E-state index >= 15 is 0 Å². The molecule has 22 heavy (non-hydrogen) atoms. The fourth-order valence-electron chi connectivity index (χ4n) is 3.02. The van der Waals surface area contributed by atoms with E-state index in [9.17, 15) is 0 Å². The number of thioether (sulfide) groups is 1. The molecule has 1 aliphatic rings. The van der Waals surface area contributed by atoms with Gasteiger partial charge < -0.3 is 14.6 Å². The molecule has 6 heteroatoms. The van der Waals surface area contributed by atoms with Crippen molar-refractivity contribution < 1.29 is 4.74 Å². The highest BCUT2D eigenvalue weighted by Gasteiger charge is 2.33. The minimum Gasteiger partial charge on any atom is -0.385 e. The smallest absolute Gasteiger partial charge is 0.142 e. The fraction of sp³-hybridized carbons (Fsp3) is 0.625. The lowest BCUT2D eigenvalue weighted by molar-refractivity contribution is 0.200. The van der Waals surface area contributed by atoms with Crippen molar-refractivity contribution in [2.75, 3.05) is 37.2 Å². The fourth-order valence-corrected chi connectivity index (χ4v) is 4.11. The number of ether oxygens (including phenoxy) is 1. The molecular weight excluding hydrogens is 296 g/mol. The molecule has 0 spiro atoms. The molecular formula is C16H24N4OS. The maximum Gasteiger partial charge on any atom is 0.142 e. The summed E-state index contributed by atoms with van der Waals surface area (Å²) in [7, 11) is 3.92. The van der Waals surface area contributed by atoms with E-state index < -0.39 is 0 Å². The standard InChI is InChI=1S/C16H24N4OS/c1-20(16-14-4-5-17-15(14)18-11-19-16)13-8-12(9-13)10-22-7-3-6-21-2/h4-5,11-13H,3,6-10H2,1-2H3,(H,17,18,19)/t12-,13+. The predicted octanol–water partition coefficient (Wildman–Crippen LogP) is 2.94. The Kier molecular flexibility index (Phi) is 5.20. The van der Waals surface area contributed by atoms with Crippen LogP contribution in [0.2, 0.25) is 0 Å². The molecule has 0 saturated heterocycles. The molecule has 3 rings (SSSR count). The molecule has 1 fully saturated rings. The number of aromatic amines is 1. The lowest BCUT2D eigenvalue weighted by atomic mass is 9.81. The van der Waals surface area contributed by atoms with Crippen LogP contribution in [0.25, 0.3) is 11.0 Å². The topological polar surface area (TPSA) is 54.0 Å². The van der Waals surface area contributed by atoms with E-state index in [1.807, 2.05) is 6.20 Å². The van der Waals surface area contributed by atoms with Gasteiger partial charge >= 0.3 is 0 Å². The van der Waals surface area contributed by atoms with Crippen molar-refractivity contribution in [1.29, 1.82) is 0 Å². The quantitative estimate of drug-likeness (QED) is 0.758. The van der Waals surface area contributed by atoms with Crippen LogP contribution in [-0.4, -0.2) is 53.3 Å². The van der Waals surface area contributed by atoms with Gasteiger partial charge in [-0.3, -0.25) is 0 Å². The molecule has 1 saturated carbocycles. The van der Waals surface area contributed by atoms with Gasteiger partial charge in [-0.25, -0.2) is 9.97 Å². The third kappa shape index (κ3) is 3.38. The van der Waals surface area contributed by atoms with Gasteiger partial charge in [-0.1, -0.05) is 0 Å². The highest BCUT2D eigenvalue weighted by Crippen LogP contribution is 2.36. The van der Waals surface area contributed by atoms with Crippen molar-refractivity contribution in [3.63, 3.8) is 0 Å². The molecule has 0 bridgehead atoms. The summed E-state index contributed by atoms with van der Waals surface area (Å²) in [4.78, 5) is 14.2. The summed E-state index contributed by atoms with van der Waals surface area (Å²) in [5.74, 6) is 4.38. The summed E-state index contributed by atoms with van der Waals surface area (Å²) in [5, 5.41) is 1.11. The zero-order valence-corrected chi connectivity index (χ0v) is 14.1. The first-order valence-electron chi connectivity index (χ1n) is 7.87. The van der Waals surface area contributed by atoms with E-state index in [0.29, 0.717) is 6.04 Å². The number of H-pyrrole nitrogens is 1. The summed E-state index contributed by atoms with van der Waals surface area (Å²) >= 11 is 2.06. The van der Waals surface area contributed by atoms with E-state index in [0.717, 1.165) is 35.8 Å². The number of fused-ring (bicyclic) bond motifs is 1. The zero-order chi connectivity index (χ0) is 15.4. The average Bonchev–Trinajstić information content (AvgIpc) is 2.96. The molecule has 120 valence electrons. The second-order valence-corrected chi connectivity index (χ2v) is 7.11. The lowest BCUT2D eigenvalue weighted by Crippen LogP contribution is -2.44. The molecule has 5 nitrogen and oxygen atoms in total. The summed E-state index contributed by atoms with van der Waals surface area (Å²) < 4.78 is 5.08. The van der Waals surface area contributed by atoms with Crippen LogP contribution in [0.3, 0.4) is 0 Å². The number of hydrogen-bond acceptors (Lipinski definition) is 5. The second kappa shape index (κ2) is 7.33. The Morgan fingerprint density at radius 2 is 2.27 bits per heavy atom. The number of aromatic nitrogens is 3. The van der Waals surface area contributed by atoms with Crippen LogP contribution in [0.4, 0.5) is 5.82 Å². The Hall–Kier alpha value is -1.27. The summed E-state index contributed by atoms with van der Waals surface area (Å²) in [6.45, 7) is 0.878. The first-order chi connectivity index (χ1) is 10.8. The third-order valence-corrected chi connectivity index (χ3v) is 5.70. The number of nitrogens with zero attached hydrogens (tertiary/aromatic N) is 3. The van der Waals surface area contributed by atoms with Gasteiger partial charge in [-0.15, -0.1) is 0 Å². The van der Waals surface area contributed by atoms with Gasteiger partial charge in [0.15, 0.2) is 0 Å². The van der Waals surface area contributed by atoms with Crippen molar-refractivity contribution in [2.45, 2.75) is 25.3 Å². The minimum atomic E-state index is 0.609. The molecule has 0 atom stereocenters. The van der Waals surface area contributed by atoms with Crippen LogP contribution < -0.4 is 4.90 Å². The van der Waals surface area contributed by atoms with Crippen LogP contribution in [0.1, 0.15) is 19.3 Å². The van der Waals surface area contributed by atoms with Crippen molar-refractivity contribution in [3.05, 3.63) is 18.6 Å². The molecule has 0 unspecified atom stereocenters. The first-order valence-corrected chi connectivity index (χ1v) is 9.02. The van der Waals surface area contributed by atoms with Crippen molar-refractivity contribution in [3.8, 4) is 0 Å². The number of rotatable bonds is 8. The molecule has 1 aliphatic carbocycles. The van der Waals surface area contributed by atoms with E-state index in [1.165, 1.54) is 24.3 Å². The van der Waals surface area contributed by atoms with Crippen molar-refractivity contribution in [2.24, 2.45) is 5.92 Å². The van der Waals surface area contributed by atoms with Crippen LogP contribution in [0.5, 0.6) is 0 Å². The minimum absolute atomic E-state index is 0.609. The van der Waals surface area contributed by atoms with Gasteiger partial charge in [0, 0.05) is 33.0 Å². The van der Waals surface area contributed by atoms with Gasteiger partial charge in [0.1, 0.15) is 17.8 Å². The number of methoxy groups -OCH3 is 1. The normalized spacial score (nSPS) is 21.0. The maximum atomic E-state index is 5.08. The summed E-state index contributed by atoms with van der Waals surface area (Å²) in [5.41, 5.74) is 0.918. The molecule has 0 aliphatic heterocycles. The molecule has 2 heterocycles. The Morgan fingerprint density at radius 3 is 3.09 bits per heavy atom. The first kappa shape index (κ1) is 15.6. The van der Waals surface area contributed by atoms with Crippen molar-refractivity contribution >= 4 is 28.6 Å². The Balaban J connectivity index is 1.47.